The van der Waals surface area contributed by atoms with Crippen molar-refractivity contribution in [2.24, 2.45) is 0 Å². The lowest BCUT2D eigenvalue weighted by Crippen LogP contribution is -2.29. The average molecular weight is 223 g/mol. The van der Waals surface area contributed by atoms with E-state index >= 15 is 0 Å². The van der Waals surface area contributed by atoms with Crippen molar-refractivity contribution < 1.29 is 14.3 Å². The quantitative estimate of drug-likeness (QED) is 0.829. The number of amides is 1. The van der Waals surface area contributed by atoms with Crippen LogP contribution in [0.5, 0.6) is 5.75 Å². The number of halogens is 1. The van der Waals surface area contributed by atoms with Crippen LogP contribution < -0.4 is 0 Å². The molecular weight excluding hydrogens is 209 g/mol. The minimum atomic E-state index is -0.439. The van der Waals surface area contributed by atoms with Gasteiger partial charge >= 0.3 is 0 Å². The zero-order valence-electron chi connectivity index (χ0n) is 8.95. The van der Waals surface area contributed by atoms with Gasteiger partial charge in [0.2, 0.25) is 5.91 Å². The smallest absolute Gasteiger partial charge is 0.227 e. The summed E-state index contributed by atoms with van der Waals surface area (Å²) in [6.45, 7) is 1.53. The topological polar surface area (TPSA) is 40.5 Å². The maximum Gasteiger partial charge on any atom is 0.227 e. The molecule has 3 nitrogen and oxygen atoms in total. The highest BCUT2D eigenvalue weighted by atomic mass is 19.1. The van der Waals surface area contributed by atoms with Crippen molar-refractivity contribution in [3.8, 4) is 5.75 Å². The van der Waals surface area contributed by atoms with Gasteiger partial charge in [0.25, 0.3) is 0 Å². The Hall–Kier alpha value is -1.58. The Morgan fingerprint density at radius 3 is 2.75 bits per heavy atom. The highest BCUT2D eigenvalue weighted by Gasteiger charge is 2.19. The van der Waals surface area contributed by atoms with Crippen LogP contribution in [0.4, 0.5) is 4.39 Å². The second-order valence-electron chi connectivity index (χ2n) is 4.04. The van der Waals surface area contributed by atoms with Crippen molar-refractivity contribution in [2.75, 3.05) is 13.1 Å². The number of phenols is 1. The molecule has 1 saturated heterocycles. The van der Waals surface area contributed by atoms with E-state index in [-0.39, 0.29) is 23.6 Å². The molecule has 4 heteroatoms. The van der Waals surface area contributed by atoms with Crippen molar-refractivity contribution >= 4 is 5.91 Å². The van der Waals surface area contributed by atoms with Gasteiger partial charge in [-0.2, -0.15) is 0 Å². The van der Waals surface area contributed by atoms with Crippen molar-refractivity contribution in [2.45, 2.75) is 19.3 Å². The van der Waals surface area contributed by atoms with Gasteiger partial charge in [-0.3, -0.25) is 4.79 Å². The fraction of sp³-hybridized carbons (Fsp3) is 0.417. The fourth-order valence-electron chi connectivity index (χ4n) is 1.94. The number of hydrogen-bond donors (Lipinski definition) is 1. The van der Waals surface area contributed by atoms with E-state index < -0.39 is 5.82 Å². The van der Waals surface area contributed by atoms with Gasteiger partial charge in [-0.1, -0.05) is 0 Å². The maximum absolute atomic E-state index is 13.3. The number of nitrogens with zero attached hydrogens (tertiary/aromatic N) is 1. The van der Waals surface area contributed by atoms with Gasteiger partial charge in [0.1, 0.15) is 11.6 Å². The third-order valence-corrected chi connectivity index (χ3v) is 2.83. The zero-order chi connectivity index (χ0) is 11.5. The van der Waals surface area contributed by atoms with Crippen molar-refractivity contribution in [1.29, 1.82) is 0 Å². The second kappa shape index (κ2) is 4.51. The van der Waals surface area contributed by atoms with Crippen LogP contribution in [-0.4, -0.2) is 29.0 Å². The molecule has 0 atom stereocenters. The van der Waals surface area contributed by atoms with Crippen LogP contribution >= 0.6 is 0 Å². The van der Waals surface area contributed by atoms with Crippen molar-refractivity contribution in [3.05, 3.63) is 29.6 Å². The summed E-state index contributed by atoms with van der Waals surface area (Å²) in [5, 5.41) is 9.22. The standard InChI is InChI=1S/C12H14FNO2/c13-11-4-3-10(15)7-9(11)8-12(16)14-5-1-2-6-14/h3-4,7,15H,1-2,5-6,8H2. The lowest BCUT2D eigenvalue weighted by atomic mass is 10.1. The molecule has 0 aromatic heterocycles. The Morgan fingerprint density at radius 2 is 2.06 bits per heavy atom. The van der Waals surface area contributed by atoms with E-state index in [1.807, 2.05) is 0 Å². The van der Waals surface area contributed by atoms with Gasteiger partial charge in [0, 0.05) is 18.7 Å². The number of carbonyl (C=O) groups is 1. The number of carbonyl (C=O) groups excluding carboxylic acids is 1. The SMILES string of the molecule is O=C(Cc1cc(O)ccc1F)N1CCCC1. The summed E-state index contributed by atoms with van der Waals surface area (Å²) in [5.74, 6) is -0.516. The number of rotatable bonds is 2. The van der Waals surface area contributed by atoms with Gasteiger partial charge in [-0.25, -0.2) is 4.39 Å². The minimum absolute atomic E-state index is 0.00868. The highest BCUT2D eigenvalue weighted by molar-refractivity contribution is 5.79. The Morgan fingerprint density at radius 1 is 1.38 bits per heavy atom. The molecule has 0 bridgehead atoms. The van der Waals surface area contributed by atoms with E-state index in [1.165, 1.54) is 18.2 Å². The van der Waals surface area contributed by atoms with E-state index in [0.717, 1.165) is 25.9 Å². The fourth-order valence-corrected chi connectivity index (χ4v) is 1.94. The molecule has 1 fully saturated rings. The predicted octanol–water partition coefficient (Wildman–Crippen LogP) is 1.70. The summed E-state index contributed by atoms with van der Waals surface area (Å²) >= 11 is 0. The highest BCUT2D eigenvalue weighted by Crippen LogP contribution is 2.17. The molecule has 1 aromatic carbocycles. The Bertz CT molecular complexity index is 400. The summed E-state index contributed by atoms with van der Waals surface area (Å²) in [7, 11) is 0. The molecule has 86 valence electrons. The van der Waals surface area contributed by atoms with E-state index in [4.69, 9.17) is 0 Å². The molecule has 1 amide bonds. The van der Waals surface area contributed by atoms with E-state index in [1.54, 1.807) is 4.90 Å². The molecule has 16 heavy (non-hydrogen) atoms. The van der Waals surface area contributed by atoms with E-state index in [2.05, 4.69) is 0 Å². The molecule has 1 aliphatic rings. The van der Waals surface area contributed by atoms with Gasteiger partial charge in [0.05, 0.1) is 6.42 Å². The summed E-state index contributed by atoms with van der Waals surface area (Å²) in [6, 6.07) is 3.77. The summed E-state index contributed by atoms with van der Waals surface area (Å²) < 4.78 is 13.3. The number of likely N-dealkylation sites (tertiary alicyclic amines) is 1. The van der Waals surface area contributed by atoms with E-state index in [9.17, 15) is 14.3 Å². The Labute approximate surface area is 93.5 Å². The van der Waals surface area contributed by atoms with Crippen LogP contribution in [0.15, 0.2) is 18.2 Å². The van der Waals surface area contributed by atoms with Crippen LogP contribution in [0.25, 0.3) is 0 Å². The largest absolute Gasteiger partial charge is 0.508 e. The first-order valence-corrected chi connectivity index (χ1v) is 5.42. The lowest BCUT2D eigenvalue weighted by Gasteiger charge is -2.15. The molecule has 1 heterocycles. The van der Waals surface area contributed by atoms with Gasteiger partial charge in [0.15, 0.2) is 0 Å². The molecule has 1 N–H and O–H groups in total. The van der Waals surface area contributed by atoms with Gasteiger partial charge in [-0.05, 0) is 31.0 Å². The molecule has 0 radical (unpaired) electrons. The second-order valence-corrected chi connectivity index (χ2v) is 4.04. The van der Waals surface area contributed by atoms with Crippen LogP contribution in [-0.2, 0) is 11.2 Å². The van der Waals surface area contributed by atoms with Crippen LogP contribution in [0, 0.1) is 5.82 Å². The lowest BCUT2D eigenvalue weighted by molar-refractivity contribution is -0.129. The first-order chi connectivity index (χ1) is 7.66. The average Bonchev–Trinajstić information content (AvgIpc) is 2.76. The molecule has 1 aliphatic heterocycles. The molecule has 0 aliphatic carbocycles. The van der Waals surface area contributed by atoms with Crippen LogP contribution in [0.3, 0.4) is 0 Å². The normalized spacial score (nSPS) is 15.4. The van der Waals surface area contributed by atoms with Gasteiger partial charge < -0.3 is 10.0 Å². The molecular formula is C12H14FNO2. The Kier molecular flexibility index (Phi) is 3.08. The number of benzene rings is 1. The number of hydrogen-bond acceptors (Lipinski definition) is 2. The van der Waals surface area contributed by atoms with Crippen molar-refractivity contribution in [1.82, 2.24) is 4.90 Å². The maximum atomic E-state index is 13.3. The predicted molar refractivity (Wildman–Crippen MR) is 57.6 cm³/mol. The molecule has 0 unspecified atom stereocenters. The molecule has 0 saturated carbocycles. The summed E-state index contributed by atoms with van der Waals surface area (Å²) in [6.07, 6.45) is 2.07. The monoisotopic (exact) mass is 223 g/mol. The molecule has 0 spiro atoms. The third kappa shape index (κ3) is 2.32. The zero-order valence-corrected chi connectivity index (χ0v) is 8.95. The number of phenolic OH excluding ortho intramolecular Hbond substituents is 1. The summed E-state index contributed by atoms with van der Waals surface area (Å²) in [5.41, 5.74) is 0.261. The minimum Gasteiger partial charge on any atom is -0.508 e. The van der Waals surface area contributed by atoms with E-state index in [0.29, 0.717) is 0 Å². The first kappa shape index (κ1) is 10.9. The molecule has 2 rings (SSSR count). The molecule has 1 aromatic rings. The number of aromatic hydroxyl groups is 1. The Balaban J connectivity index is 2.07. The first-order valence-electron chi connectivity index (χ1n) is 5.42. The van der Waals surface area contributed by atoms with Crippen molar-refractivity contribution in [3.63, 3.8) is 0 Å². The van der Waals surface area contributed by atoms with Crippen LogP contribution in [0.2, 0.25) is 0 Å². The third-order valence-electron chi connectivity index (χ3n) is 2.83. The van der Waals surface area contributed by atoms with Crippen LogP contribution in [0.1, 0.15) is 18.4 Å². The van der Waals surface area contributed by atoms with Gasteiger partial charge in [-0.15, -0.1) is 0 Å². The summed E-state index contributed by atoms with van der Waals surface area (Å²) in [4.78, 5) is 13.5.